The number of carbonyl (C=O) groups excluding carboxylic acids is 1. The van der Waals surface area contributed by atoms with Crippen molar-refractivity contribution >= 4 is 34.9 Å². The highest BCUT2D eigenvalue weighted by atomic mass is 35.5. The first-order valence-electron chi connectivity index (χ1n) is 5.97. The highest BCUT2D eigenvalue weighted by Crippen LogP contribution is 2.46. The smallest absolute Gasteiger partial charge is 0.324 e. The summed E-state index contributed by atoms with van der Waals surface area (Å²) in [6, 6.07) is 1.36. The Kier molecular flexibility index (Phi) is 5.77. The lowest BCUT2D eigenvalue weighted by Crippen LogP contribution is -2.39. The summed E-state index contributed by atoms with van der Waals surface area (Å²) in [6.07, 6.45) is 0. The van der Waals surface area contributed by atoms with Gasteiger partial charge in [0.25, 0.3) is 0 Å². The van der Waals surface area contributed by atoms with Gasteiger partial charge < -0.3 is 14.4 Å². The zero-order valence-electron chi connectivity index (χ0n) is 12.2. The summed E-state index contributed by atoms with van der Waals surface area (Å²) in [5, 5.41) is 0.547. The van der Waals surface area contributed by atoms with Crippen LogP contribution in [0.1, 0.15) is 6.92 Å². The lowest BCUT2D eigenvalue weighted by atomic mass is 10.2. The Hall–Kier alpha value is -1.33. The second-order valence-electron chi connectivity index (χ2n) is 4.18. The number of methoxy groups -OCH3 is 2. The largest absolute Gasteiger partial charge is 0.495 e. The van der Waals surface area contributed by atoms with Crippen LogP contribution in [0, 0.1) is 0 Å². The number of nitrogens with zero attached hydrogens (tertiary/aromatic N) is 2. The van der Waals surface area contributed by atoms with Crippen LogP contribution in [0.25, 0.3) is 0 Å². The molecule has 0 bridgehead atoms. The number of anilines is 1. The van der Waals surface area contributed by atoms with E-state index < -0.39 is 0 Å². The van der Waals surface area contributed by atoms with Gasteiger partial charge in [0.05, 0.1) is 19.9 Å². The maximum Gasteiger partial charge on any atom is 0.324 e. The fourth-order valence-corrected chi connectivity index (χ4v) is 2.44. The van der Waals surface area contributed by atoms with Crippen molar-refractivity contribution < 1.29 is 14.3 Å². The van der Waals surface area contributed by atoms with Crippen LogP contribution in [0.4, 0.5) is 10.5 Å². The van der Waals surface area contributed by atoms with Gasteiger partial charge in [0.1, 0.15) is 21.5 Å². The van der Waals surface area contributed by atoms with Crippen LogP contribution in [0.3, 0.4) is 0 Å². The SMILES string of the molecule is CCN(C(=O)N(C)C)c1c(Cl)c(OC)cc(OC)c1Cl. The molecule has 0 aliphatic heterocycles. The van der Waals surface area contributed by atoms with Crippen LogP contribution in [-0.2, 0) is 0 Å². The van der Waals surface area contributed by atoms with Crippen molar-refractivity contribution in [2.75, 3.05) is 39.8 Å². The molecule has 1 rings (SSSR count). The van der Waals surface area contributed by atoms with E-state index >= 15 is 0 Å². The van der Waals surface area contributed by atoms with Crippen molar-refractivity contribution in [3.63, 3.8) is 0 Å². The molecule has 0 aromatic heterocycles. The number of urea groups is 1. The Morgan fingerprint density at radius 1 is 1.15 bits per heavy atom. The van der Waals surface area contributed by atoms with Gasteiger partial charge >= 0.3 is 6.03 Å². The highest BCUT2D eigenvalue weighted by molar-refractivity contribution is 6.41. The third-order valence-corrected chi connectivity index (χ3v) is 3.48. The summed E-state index contributed by atoms with van der Waals surface area (Å²) < 4.78 is 10.4. The minimum atomic E-state index is -0.230. The first kappa shape index (κ1) is 16.7. The maximum atomic E-state index is 12.2. The average Bonchev–Trinajstić information content (AvgIpc) is 2.43. The van der Waals surface area contributed by atoms with Crippen molar-refractivity contribution in [2.45, 2.75) is 6.92 Å². The summed E-state index contributed by atoms with van der Waals surface area (Å²) in [7, 11) is 6.29. The van der Waals surface area contributed by atoms with Gasteiger partial charge in [-0.05, 0) is 6.92 Å². The number of benzene rings is 1. The molecule has 0 N–H and O–H groups in total. The summed E-state index contributed by atoms with van der Waals surface area (Å²) in [6.45, 7) is 2.24. The first-order chi connectivity index (χ1) is 9.38. The summed E-state index contributed by atoms with van der Waals surface area (Å²) in [5.41, 5.74) is 0.380. The van der Waals surface area contributed by atoms with Crippen molar-refractivity contribution in [1.82, 2.24) is 4.90 Å². The lowest BCUT2D eigenvalue weighted by Gasteiger charge is -2.27. The van der Waals surface area contributed by atoms with Crippen LogP contribution in [0.2, 0.25) is 10.0 Å². The number of hydrogen-bond acceptors (Lipinski definition) is 3. The predicted octanol–water partition coefficient (Wildman–Crippen LogP) is 3.52. The van der Waals surface area contributed by atoms with E-state index in [0.29, 0.717) is 23.7 Å². The molecule has 2 amide bonds. The van der Waals surface area contributed by atoms with Crippen molar-refractivity contribution in [2.24, 2.45) is 0 Å². The number of rotatable bonds is 4. The quantitative estimate of drug-likeness (QED) is 0.852. The van der Waals surface area contributed by atoms with E-state index in [-0.39, 0.29) is 16.1 Å². The molecule has 0 radical (unpaired) electrons. The highest BCUT2D eigenvalue weighted by Gasteiger charge is 2.26. The number of amides is 2. The molecule has 0 saturated heterocycles. The Morgan fingerprint density at radius 2 is 1.60 bits per heavy atom. The van der Waals surface area contributed by atoms with Gasteiger partial charge in [0, 0.05) is 26.7 Å². The van der Waals surface area contributed by atoms with E-state index in [1.165, 1.54) is 24.0 Å². The number of ether oxygens (including phenoxy) is 2. The van der Waals surface area contributed by atoms with Gasteiger partial charge in [0.2, 0.25) is 0 Å². The molecule has 0 aliphatic carbocycles. The van der Waals surface area contributed by atoms with Crippen LogP contribution in [-0.4, -0.2) is 45.8 Å². The monoisotopic (exact) mass is 320 g/mol. The van der Waals surface area contributed by atoms with Gasteiger partial charge in [-0.25, -0.2) is 4.79 Å². The minimum absolute atomic E-state index is 0.230. The maximum absolute atomic E-state index is 12.2. The van der Waals surface area contributed by atoms with E-state index in [1.807, 2.05) is 6.92 Å². The first-order valence-corrected chi connectivity index (χ1v) is 6.73. The topological polar surface area (TPSA) is 42.0 Å². The fourth-order valence-electron chi connectivity index (χ4n) is 1.74. The molecule has 20 heavy (non-hydrogen) atoms. The van der Waals surface area contributed by atoms with Crippen LogP contribution < -0.4 is 14.4 Å². The zero-order chi connectivity index (χ0) is 15.4. The summed E-state index contributed by atoms with van der Waals surface area (Å²) in [4.78, 5) is 15.1. The third-order valence-electron chi connectivity index (χ3n) is 2.75. The third kappa shape index (κ3) is 3.04. The Labute approximate surface area is 129 Å². The van der Waals surface area contributed by atoms with Gasteiger partial charge in [-0.1, -0.05) is 23.2 Å². The number of carbonyl (C=O) groups is 1. The minimum Gasteiger partial charge on any atom is -0.495 e. The van der Waals surface area contributed by atoms with E-state index in [2.05, 4.69) is 0 Å². The fraction of sp³-hybridized carbons (Fsp3) is 0.462. The van der Waals surface area contributed by atoms with E-state index in [9.17, 15) is 4.79 Å². The predicted molar refractivity (Wildman–Crippen MR) is 81.7 cm³/mol. The summed E-state index contributed by atoms with van der Waals surface area (Å²) >= 11 is 12.6. The molecule has 1 aromatic rings. The van der Waals surface area contributed by atoms with Crippen molar-refractivity contribution in [1.29, 1.82) is 0 Å². The van der Waals surface area contributed by atoms with Gasteiger partial charge in [-0.3, -0.25) is 4.90 Å². The van der Waals surface area contributed by atoms with Crippen LogP contribution in [0.15, 0.2) is 6.07 Å². The second-order valence-corrected chi connectivity index (χ2v) is 4.93. The van der Waals surface area contributed by atoms with Gasteiger partial charge in [-0.2, -0.15) is 0 Å². The number of hydrogen-bond donors (Lipinski definition) is 0. The Morgan fingerprint density at radius 3 is 1.90 bits per heavy atom. The molecule has 7 heteroatoms. The second kappa shape index (κ2) is 6.90. The number of halogens is 2. The van der Waals surface area contributed by atoms with Crippen molar-refractivity contribution in [3.8, 4) is 11.5 Å². The molecule has 0 heterocycles. The molecule has 0 fully saturated rings. The molecule has 5 nitrogen and oxygen atoms in total. The zero-order valence-corrected chi connectivity index (χ0v) is 13.7. The molecule has 0 atom stereocenters. The van der Waals surface area contributed by atoms with Crippen LogP contribution >= 0.6 is 23.2 Å². The lowest BCUT2D eigenvalue weighted by molar-refractivity contribution is 0.224. The van der Waals surface area contributed by atoms with E-state index in [4.69, 9.17) is 32.7 Å². The van der Waals surface area contributed by atoms with Gasteiger partial charge in [-0.15, -0.1) is 0 Å². The van der Waals surface area contributed by atoms with Crippen LogP contribution in [0.5, 0.6) is 11.5 Å². The normalized spacial score (nSPS) is 10.2. The van der Waals surface area contributed by atoms with E-state index in [1.54, 1.807) is 20.2 Å². The molecular formula is C13H18Cl2N2O3. The molecule has 112 valence electrons. The molecule has 0 saturated carbocycles. The molecule has 0 aliphatic rings. The molecular weight excluding hydrogens is 303 g/mol. The molecule has 0 unspecified atom stereocenters. The van der Waals surface area contributed by atoms with Crippen molar-refractivity contribution in [3.05, 3.63) is 16.1 Å². The molecule has 0 spiro atoms. The van der Waals surface area contributed by atoms with E-state index in [0.717, 1.165) is 0 Å². The Balaban J connectivity index is 3.51. The molecule has 1 aromatic carbocycles. The average molecular weight is 321 g/mol. The Bertz CT molecular complexity index is 479. The van der Waals surface area contributed by atoms with Gasteiger partial charge in [0.15, 0.2) is 0 Å². The summed E-state index contributed by atoms with van der Waals surface area (Å²) in [5.74, 6) is 0.792. The standard InChI is InChI=1S/C13H18Cl2N2O3/c1-6-17(13(18)16(2)3)12-10(14)8(19-4)7-9(20-5)11(12)15/h7H,6H2,1-5H3.